The summed E-state index contributed by atoms with van der Waals surface area (Å²) < 4.78 is 1.97. The van der Waals surface area contributed by atoms with Crippen LogP contribution >= 0.6 is 0 Å². The highest BCUT2D eigenvalue weighted by Gasteiger charge is 2.29. The van der Waals surface area contributed by atoms with E-state index in [4.69, 9.17) is 0 Å². The van der Waals surface area contributed by atoms with Crippen LogP contribution in [-0.4, -0.2) is 58.4 Å². The Hall–Kier alpha value is -2.93. The zero-order valence-electron chi connectivity index (χ0n) is 20.5. The van der Waals surface area contributed by atoms with Gasteiger partial charge in [0, 0.05) is 57.2 Å². The molecule has 3 aliphatic rings. The summed E-state index contributed by atoms with van der Waals surface area (Å²) in [6.45, 7) is 3.86. The molecule has 1 aliphatic carbocycles. The van der Waals surface area contributed by atoms with Crippen LogP contribution in [0.5, 0.6) is 0 Å². The largest absolute Gasteiger partial charge is 0.349 e. The summed E-state index contributed by atoms with van der Waals surface area (Å²) >= 11 is 0. The van der Waals surface area contributed by atoms with Crippen LogP contribution in [0.15, 0.2) is 47.5 Å². The minimum Gasteiger partial charge on any atom is -0.349 e. The second kappa shape index (κ2) is 10.8. The van der Waals surface area contributed by atoms with Crippen LogP contribution in [0.2, 0.25) is 0 Å². The van der Waals surface area contributed by atoms with Crippen molar-refractivity contribution < 1.29 is 9.59 Å². The first-order valence-electron chi connectivity index (χ1n) is 13.2. The number of likely N-dealkylation sites (tertiary alicyclic amines) is 2. The lowest BCUT2D eigenvalue weighted by Gasteiger charge is -2.27. The van der Waals surface area contributed by atoms with Crippen molar-refractivity contribution in [3.63, 3.8) is 0 Å². The summed E-state index contributed by atoms with van der Waals surface area (Å²) in [5.41, 5.74) is 1.05. The monoisotopic (exact) mass is 476 g/mol. The average molecular weight is 477 g/mol. The Morgan fingerprint density at radius 2 is 1.57 bits per heavy atom. The number of hydrogen-bond donors (Lipinski definition) is 1. The number of nitrogens with zero attached hydrogens (tertiary/aromatic N) is 3. The SMILES string of the molecule is O=C(NC1CCN(Cc2ccccc2)C1)c1cn(C2CCCC2)cc(C(=O)N2CCCCC2)c1=O. The van der Waals surface area contributed by atoms with Crippen LogP contribution in [0.4, 0.5) is 0 Å². The molecule has 0 radical (unpaired) electrons. The van der Waals surface area contributed by atoms with E-state index in [0.29, 0.717) is 13.1 Å². The van der Waals surface area contributed by atoms with E-state index in [1.165, 1.54) is 5.56 Å². The highest BCUT2D eigenvalue weighted by atomic mass is 16.2. The number of aromatic nitrogens is 1. The minimum atomic E-state index is -0.438. The Balaban J connectivity index is 1.34. The zero-order valence-corrected chi connectivity index (χ0v) is 20.5. The fourth-order valence-electron chi connectivity index (χ4n) is 5.79. The van der Waals surface area contributed by atoms with Crippen LogP contribution in [-0.2, 0) is 6.54 Å². The van der Waals surface area contributed by atoms with Gasteiger partial charge in [-0.15, -0.1) is 0 Å². The first-order chi connectivity index (χ1) is 17.1. The molecule has 7 nitrogen and oxygen atoms in total. The molecule has 7 heteroatoms. The molecule has 0 spiro atoms. The summed E-state index contributed by atoms with van der Waals surface area (Å²) in [6.07, 6.45) is 11.6. The molecule has 2 aliphatic heterocycles. The fourth-order valence-corrected chi connectivity index (χ4v) is 5.79. The van der Waals surface area contributed by atoms with Crippen molar-refractivity contribution in [3.8, 4) is 0 Å². The van der Waals surface area contributed by atoms with Gasteiger partial charge in [0.05, 0.1) is 0 Å². The first kappa shape index (κ1) is 23.8. The van der Waals surface area contributed by atoms with Gasteiger partial charge in [0.1, 0.15) is 11.1 Å². The van der Waals surface area contributed by atoms with Gasteiger partial charge in [-0.1, -0.05) is 43.2 Å². The van der Waals surface area contributed by atoms with Gasteiger partial charge in [0.15, 0.2) is 0 Å². The fraction of sp³-hybridized carbons (Fsp3) is 0.536. The normalized spacial score (nSPS) is 21.4. The molecule has 2 amide bonds. The standard InChI is InChI=1S/C28H36N4O3/c33-26-24(27(34)29-22-13-16-30(18-22)17-21-9-3-1-4-10-21)19-32(23-11-5-6-12-23)20-25(26)28(35)31-14-7-2-8-15-31/h1,3-4,9-10,19-20,22-23H,2,5-8,11-18H2,(H,29,34). The summed E-state index contributed by atoms with van der Waals surface area (Å²) in [4.78, 5) is 44.1. The number of piperidine rings is 1. The van der Waals surface area contributed by atoms with Crippen molar-refractivity contribution in [1.82, 2.24) is 19.7 Å². The van der Waals surface area contributed by atoms with E-state index in [-0.39, 0.29) is 35.0 Å². The Kier molecular flexibility index (Phi) is 7.32. The molecule has 1 aromatic carbocycles. The van der Waals surface area contributed by atoms with E-state index in [0.717, 1.165) is 71.0 Å². The Morgan fingerprint density at radius 3 is 2.31 bits per heavy atom. The van der Waals surface area contributed by atoms with Gasteiger partial charge in [0.25, 0.3) is 11.8 Å². The number of pyridine rings is 1. The Morgan fingerprint density at radius 1 is 0.857 bits per heavy atom. The number of carbonyl (C=O) groups excluding carboxylic acids is 2. The molecule has 3 fully saturated rings. The van der Waals surface area contributed by atoms with Crippen molar-refractivity contribution in [3.05, 3.63) is 69.6 Å². The molecular weight excluding hydrogens is 440 g/mol. The quantitative estimate of drug-likeness (QED) is 0.692. The lowest BCUT2D eigenvalue weighted by atomic mass is 10.1. The molecule has 35 heavy (non-hydrogen) atoms. The molecule has 1 atom stereocenters. The van der Waals surface area contributed by atoms with Gasteiger partial charge in [-0.25, -0.2) is 0 Å². The second-order valence-electron chi connectivity index (χ2n) is 10.3. The third kappa shape index (κ3) is 5.50. The van der Waals surface area contributed by atoms with Crippen molar-refractivity contribution in [2.45, 2.75) is 70.0 Å². The molecule has 1 saturated carbocycles. The average Bonchev–Trinajstić information content (AvgIpc) is 3.58. The minimum absolute atomic E-state index is 0.00741. The Bertz CT molecular complexity index is 1100. The maximum atomic E-state index is 13.4. The van der Waals surface area contributed by atoms with Crippen molar-refractivity contribution in [2.75, 3.05) is 26.2 Å². The highest BCUT2D eigenvalue weighted by Crippen LogP contribution is 2.29. The van der Waals surface area contributed by atoms with Gasteiger partial charge in [-0.3, -0.25) is 19.3 Å². The van der Waals surface area contributed by atoms with Crippen LogP contribution in [0, 0.1) is 0 Å². The first-order valence-corrected chi connectivity index (χ1v) is 13.2. The maximum Gasteiger partial charge on any atom is 0.259 e. The number of rotatable bonds is 6. The highest BCUT2D eigenvalue weighted by molar-refractivity contribution is 5.99. The number of nitrogens with one attached hydrogen (secondary N) is 1. The topological polar surface area (TPSA) is 74.7 Å². The molecule has 5 rings (SSSR count). The van der Waals surface area contributed by atoms with Gasteiger partial charge in [0.2, 0.25) is 5.43 Å². The maximum absolute atomic E-state index is 13.4. The smallest absolute Gasteiger partial charge is 0.259 e. The van der Waals surface area contributed by atoms with Crippen LogP contribution < -0.4 is 10.7 Å². The summed E-state index contributed by atoms with van der Waals surface area (Å²) in [5.74, 6) is -0.590. The summed E-state index contributed by atoms with van der Waals surface area (Å²) in [5, 5.41) is 3.10. The Labute approximate surface area is 207 Å². The van der Waals surface area contributed by atoms with Crippen LogP contribution in [0.1, 0.15) is 83.7 Å². The van der Waals surface area contributed by atoms with E-state index < -0.39 is 5.43 Å². The van der Waals surface area contributed by atoms with Gasteiger partial charge in [-0.2, -0.15) is 0 Å². The number of amides is 2. The van der Waals surface area contributed by atoms with Crippen molar-refractivity contribution in [1.29, 1.82) is 0 Å². The molecule has 2 saturated heterocycles. The van der Waals surface area contributed by atoms with E-state index in [9.17, 15) is 14.4 Å². The molecule has 0 bridgehead atoms. The molecule has 1 N–H and O–H groups in total. The lowest BCUT2D eigenvalue weighted by molar-refractivity contribution is 0.0722. The van der Waals surface area contributed by atoms with Gasteiger partial charge < -0.3 is 14.8 Å². The molecule has 2 aromatic rings. The molecule has 3 heterocycles. The van der Waals surface area contributed by atoms with Crippen molar-refractivity contribution in [2.24, 2.45) is 0 Å². The van der Waals surface area contributed by atoms with Crippen LogP contribution in [0.3, 0.4) is 0 Å². The summed E-state index contributed by atoms with van der Waals surface area (Å²) in [6, 6.07) is 10.6. The molecule has 1 aromatic heterocycles. The summed E-state index contributed by atoms with van der Waals surface area (Å²) in [7, 11) is 0. The van der Waals surface area contributed by atoms with Gasteiger partial charge >= 0.3 is 0 Å². The van der Waals surface area contributed by atoms with E-state index in [2.05, 4.69) is 22.3 Å². The third-order valence-corrected chi connectivity index (χ3v) is 7.77. The van der Waals surface area contributed by atoms with E-state index in [1.54, 1.807) is 17.3 Å². The number of benzene rings is 1. The van der Waals surface area contributed by atoms with Crippen molar-refractivity contribution >= 4 is 11.8 Å². The number of carbonyl (C=O) groups is 2. The predicted octanol–water partition coefficient (Wildman–Crippen LogP) is 3.59. The predicted molar refractivity (Wildman–Crippen MR) is 136 cm³/mol. The molecule has 1 unspecified atom stereocenters. The van der Waals surface area contributed by atoms with E-state index >= 15 is 0 Å². The zero-order chi connectivity index (χ0) is 24.2. The molecular formula is C28H36N4O3. The second-order valence-corrected chi connectivity index (χ2v) is 10.3. The molecule has 186 valence electrons. The van der Waals surface area contributed by atoms with Gasteiger partial charge in [-0.05, 0) is 44.1 Å². The lowest BCUT2D eigenvalue weighted by Crippen LogP contribution is -2.42. The van der Waals surface area contributed by atoms with E-state index in [1.807, 2.05) is 22.8 Å². The number of hydrogen-bond acceptors (Lipinski definition) is 4. The van der Waals surface area contributed by atoms with Crippen LogP contribution in [0.25, 0.3) is 0 Å². The third-order valence-electron chi connectivity index (χ3n) is 7.77.